The summed E-state index contributed by atoms with van der Waals surface area (Å²) in [6, 6.07) is 8.66. The van der Waals surface area contributed by atoms with Crippen LogP contribution in [0.3, 0.4) is 0 Å². The van der Waals surface area contributed by atoms with Gasteiger partial charge in [-0.15, -0.1) is 0 Å². The Hall–Kier alpha value is -2.01. The second kappa shape index (κ2) is 7.04. The minimum absolute atomic E-state index is 0.517. The summed E-state index contributed by atoms with van der Waals surface area (Å²) >= 11 is 0. The standard InChI is InChI=1S/C18H25N3O2/c1-13-18(14(2)23-20-13)12-21-9-7-15(8-10-21)19-16-5-4-6-17(11-16)22-3/h4-6,11,15,19H,7-10,12H2,1-3H3. The van der Waals surface area contributed by atoms with Gasteiger partial charge in [0.25, 0.3) is 0 Å². The monoisotopic (exact) mass is 315 g/mol. The number of nitrogens with one attached hydrogen (secondary N) is 1. The summed E-state index contributed by atoms with van der Waals surface area (Å²) < 4.78 is 10.5. The molecule has 5 heteroatoms. The van der Waals surface area contributed by atoms with E-state index in [4.69, 9.17) is 9.26 Å². The van der Waals surface area contributed by atoms with E-state index in [0.717, 1.165) is 55.4 Å². The van der Waals surface area contributed by atoms with Crippen molar-refractivity contribution in [3.05, 3.63) is 41.3 Å². The molecule has 2 aromatic rings. The lowest BCUT2D eigenvalue weighted by Gasteiger charge is -2.32. The smallest absolute Gasteiger partial charge is 0.138 e. The van der Waals surface area contributed by atoms with Crippen molar-refractivity contribution >= 4 is 5.69 Å². The zero-order valence-electron chi connectivity index (χ0n) is 14.1. The van der Waals surface area contributed by atoms with Gasteiger partial charge in [0.1, 0.15) is 11.5 Å². The third kappa shape index (κ3) is 3.85. The SMILES string of the molecule is COc1cccc(NC2CCN(Cc3c(C)noc3C)CC2)c1. The summed E-state index contributed by atoms with van der Waals surface area (Å²) in [4.78, 5) is 2.48. The Morgan fingerprint density at radius 3 is 2.74 bits per heavy atom. The third-order valence-electron chi connectivity index (χ3n) is 4.59. The van der Waals surface area contributed by atoms with Crippen molar-refractivity contribution in [3.63, 3.8) is 0 Å². The van der Waals surface area contributed by atoms with Crippen LogP contribution in [0.2, 0.25) is 0 Å². The van der Waals surface area contributed by atoms with Gasteiger partial charge in [-0.25, -0.2) is 0 Å². The summed E-state index contributed by atoms with van der Waals surface area (Å²) in [5, 5.41) is 7.66. The van der Waals surface area contributed by atoms with Gasteiger partial charge in [0, 0.05) is 43.0 Å². The van der Waals surface area contributed by atoms with Crippen molar-refractivity contribution in [2.24, 2.45) is 0 Å². The fraction of sp³-hybridized carbons (Fsp3) is 0.500. The predicted octanol–water partition coefficient (Wildman–Crippen LogP) is 3.38. The van der Waals surface area contributed by atoms with Crippen LogP contribution in [0.15, 0.2) is 28.8 Å². The van der Waals surface area contributed by atoms with Crippen LogP contribution in [0.1, 0.15) is 29.9 Å². The number of aromatic nitrogens is 1. The molecule has 0 spiro atoms. The Labute approximate surface area is 137 Å². The molecule has 1 N–H and O–H groups in total. The maximum Gasteiger partial charge on any atom is 0.138 e. The second-order valence-corrected chi connectivity index (χ2v) is 6.23. The van der Waals surface area contributed by atoms with E-state index in [0.29, 0.717) is 6.04 Å². The molecule has 1 aliphatic heterocycles. The highest BCUT2D eigenvalue weighted by Gasteiger charge is 2.21. The molecule has 0 radical (unpaired) electrons. The first-order valence-electron chi connectivity index (χ1n) is 8.20. The summed E-state index contributed by atoms with van der Waals surface area (Å²) in [6.45, 7) is 7.12. The Kier molecular flexibility index (Phi) is 4.86. The Bertz CT molecular complexity index is 626. The molecule has 5 nitrogen and oxygen atoms in total. The van der Waals surface area contributed by atoms with Gasteiger partial charge < -0.3 is 14.6 Å². The molecule has 1 fully saturated rings. The van der Waals surface area contributed by atoms with Gasteiger partial charge in [-0.05, 0) is 38.8 Å². The first kappa shape index (κ1) is 15.9. The lowest BCUT2D eigenvalue weighted by atomic mass is 10.0. The van der Waals surface area contributed by atoms with E-state index in [1.165, 1.54) is 5.56 Å². The molecule has 0 atom stereocenters. The van der Waals surface area contributed by atoms with E-state index in [-0.39, 0.29) is 0 Å². The maximum atomic E-state index is 5.28. The fourth-order valence-corrected chi connectivity index (χ4v) is 3.14. The number of piperidine rings is 1. The largest absolute Gasteiger partial charge is 0.497 e. The van der Waals surface area contributed by atoms with Crippen LogP contribution < -0.4 is 10.1 Å². The summed E-state index contributed by atoms with van der Waals surface area (Å²) in [6.07, 6.45) is 2.28. The average molecular weight is 315 g/mol. The normalized spacial score (nSPS) is 16.5. The van der Waals surface area contributed by atoms with Crippen molar-refractivity contribution in [1.82, 2.24) is 10.1 Å². The molecule has 1 aliphatic rings. The van der Waals surface area contributed by atoms with E-state index in [2.05, 4.69) is 27.5 Å². The summed E-state index contributed by atoms with van der Waals surface area (Å²) in [5.74, 6) is 1.84. The molecule has 1 aromatic carbocycles. The quantitative estimate of drug-likeness (QED) is 0.916. The number of hydrogen-bond donors (Lipinski definition) is 1. The minimum Gasteiger partial charge on any atom is -0.497 e. The van der Waals surface area contributed by atoms with E-state index in [1.807, 2.05) is 26.0 Å². The van der Waals surface area contributed by atoms with Crippen molar-refractivity contribution < 1.29 is 9.26 Å². The van der Waals surface area contributed by atoms with Gasteiger partial charge in [0.05, 0.1) is 12.8 Å². The van der Waals surface area contributed by atoms with Gasteiger partial charge in [0.15, 0.2) is 0 Å². The van der Waals surface area contributed by atoms with Crippen LogP contribution >= 0.6 is 0 Å². The van der Waals surface area contributed by atoms with Gasteiger partial charge in [-0.1, -0.05) is 11.2 Å². The molecular formula is C18H25N3O2. The second-order valence-electron chi connectivity index (χ2n) is 6.23. The molecule has 23 heavy (non-hydrogen) atoms. The van der Waals surface area contributed by atoms with Gasteiger partial charge in [0.2, 0.25) is 0 Å². The molecular weight excluding hydrogens is 290 g/mol. The molecule has 1 saturated heterocycles. The predicted molar refractivity (Wildman–Crippen MR) is 90.9 cm³/mol. The zero-order valence-corrected chi connectivity index (χ0v) is 14.1. The van der Waals surface area contributed by atoms with E-state index in [9.17, 15) is 0 Å². The van der Waals surface area contributed by atoms with E-state index >= 15 is 0 Å². The van der Waals surface area contributed by atoms with Gasteiger partial charge >= 0.3 is 0 Å². The topological polar surface area (TPSA) is 50.5 Å². The highest BCUT2D eigenvalue weighted by Crippen LogP contribution is 2.22. The number of anilines is 1. The first-order chi connectivity index (χ1) is 11.2. The number of benzene rings is 1. The van der Waals surface area contributed by atoms with E-state index in [1.54, 1.807) is 7.11 Å². The molecule has 2 heterocycles. The van der Waals surface area contributed by atoms with Crippen LogP contribution in [0.5, 0.6) is 5.75 Å². The summed E-state index contributed by atoms with van der Waals surface area (Å²) in [5.41, 5.74) is 3.39. The van der Waals surface area contributed by atoms with Crippen LogP contribution in [-0.4, -0.2) is 36.3 Å². The Morgan fingerprint density at radius 1 is 1.30 bits per heavy atom. The minimum atomic E-state index is 0.517. The van der Waals surface area contributed by atoms with Gasteiger partial charge in [-0.2, -0.15) is 0 Å². The van der Waals surface area contributed by atoms with Crippen molar-refractivity contribution in [2.45, 2.75) is 39.3 Å². The Balaban J connectivity index is 1.52. The molecule has 0 bridgehead atoms. The van der Waals surface area contributed by atoms with Crippen LogP contribution in [-0.2, 0) is 6.54 Å². The molecule has 124 valence electrons. The number of likely N-dealkylation sites (tertiary alicyclic amines) is 1. The third-order valence-corrected chi connectivity index (χ3v) is 4.59. The summed E-state index contributed by atoms with van der Waals surface area (Å²) in [7, 11) is 1.70. The van der Waals surface area contributed by atoms with Crippen molar-refractivity contribution in [3.8, 4) is 5.75 Å². The zero-order chi connectivity index (χ0) is 16.2. The lowest BCUT2D eigenvalue weighted by Crippen LogP contribution is -2.38. The molecule has 0 unspecified atom stereocenters. The van der Waals surface area contributed by atoms with E-state index < -0.39 is 0 Å². The lowest BCUT2D eigenvalue weighted by molar-refractivity contribution is 0.210. The molecule has 0 saturated carbocycles. The number of methoxy groups -OCH3 is 1. The molecule has 0 aliphatic carbocycles. The highest BCUT2D eigenvalue weighted by molar-refractivity contribution is 5.48. The van der Waals surface area contributed by atoms with Gasteiger partial charge in [-0.3, -0.25) is 4.90 Å². The fourth-order valence-electron chi connectivity index (χ4n) is 3.14. The first-order valence-corrected chi connectivity index (χ1v) is 8.20. The Morgan fingerprint density at radius 2 is 2.09 bits per heavy atom. The molecule has 1 aromatic heterocycles. The van der Waals surface area contributed by atoms with Crippen LogP contribution in [0.25, 0.3) is 0 Å². The number of nitrogens with zero attached hydrogens (tertiary/aromatic N) is 2. The number of ether oxygens (including phenoxy) is 1. The van der Waals surface area contributed by atoms with Crippen molar-refractivity contribution in [2.75, 3.05) is 25.5 Å². The number of aryl methyl sites for hydroxylation is 2. The maximum absolute atomic E-state index is 5.28. The number of rotatable bonds is 5. The van der Waals surface area contributed by atoms with Crippen molar-refractivity contribution in [1.29, 1.82) is 0 Å². The van der Waals surface area contributed by atoms with Crippen LogP contribution in [0.4, 0.5) is 5.69 Å². The molecule has 0 amide bonds. The highest BCUT2D eigenvalue weighted by atomic mass is 16.5. The molecule has 3 rings (SSSR count). The average Bonchev–Trinajstić information content (AvgIpc) is 2.89. The van der Waals surface area contributed by atoms with Crippen LogP contribution in [0, 0.1) is 13.8 Å². The number of hydrogen-bond acceptors (Lipinski definition) is 5.